The van der Waals surface area contributed by atoms with Crippen LogP contribution in [-0.2, 0) is 6.54 Å². The monoisotopic (exact) mass is 590 g/mol. The van der Waals surface area contributed by atoms with E-state index in [-0.39, 0.29) is 37.2 Å². The standard InChI is InChI=1S/C25H35ClN8.3ClH/c26-18-5-3-4-17(14-18)15-28-12-13-29-23-22-24(34(16-30-22)21-6-1-2-7-21)33-25(32-23)31-20-10-8-19(27)9-11-20;;;/h3-5,14,16,19-21,28H,1-2,6-13,15,27H2,(H2,29,31,32,33);3*1H/t19-,20-;;;. The molecule has 2 heterocycles. The fourth-order valence-electron chi connectivity index (χ4n) is 5.15. The van der Waals surface area contributed by atoms with Crippen LogP contribution in [0.5, 0.6) is 0 Å². The Morgan fingerprint density at radius 2 is 1.73 bits per heavy atom. The van der Waals surface area contributed by atoms with Crippen molar-refractivity contribution in [1.29, 1.82) is 0 Å². The maximum atomic E-state index is 6.10. The number of aromatic nitrogens is 4. The average molecular weight is 592 g/mol. The third-order valence-electron chi connectivity index (χ3n) is 7.06. The number of imidazole rings is 1. The van der Waals surface area contributed by atoms with E-state index in [2.05, 4.69) is 26.6 Å². The first-order valence-electron chi connectivity index (χ1n) is 12.6. The number of nitrogens with two attached hydrogens (primary N) is 1. The molecule has 206 valence electrons. The zero-order valence-electron chi connectivity index (χ0n) is 20.9. The van der Waals surface area contributed by atoms with E-state index < -0.39 is 0 Å². The molecule has 2 aliphatic carbocycles. The number of anilines is 2. The van der Waals surface area contributed by atoms with E-state index in [1.54, 1.807) is 0 Å². The Hall–Kier alpha value is -1.55. The molecule has 1 aromatic carbocycles. The summed E-state index contributed by atoms with van der Waals surface area (Å²) in [5.41, 5.74) is 9.04. The number of hydrogen-bond acceptors (Lipinski definition) is 7. The molecule has 2 aliphatic rings. The van der Waals surface area contributed by atoms with Crippen molar-refractivity contribution < 1.29 is 0 Å². The molecule has 5 N–H and O–H groups in total. The molecule has 0 spiro atoms. The molecular formula is C25H38Cl4N8. The molecule has 5 rings (SSSR count). The summed E-state index contributed by atoms with van der Waals surface area (Å²) in [4.78, 5) is 14.5. The van der Waals surface area contributed by atoms with Gasteiger partial charge in [-0.3, -0.25) is 0 Å². The highest BCUT2D eigenvalue weighted by molar-refractivity contribution is 6.30. The largest absolute Gasteiger partial charge is 0.367 e. The first-order valence-corrected chi connectivity index (χ1v) is 13.0. The Balaban J connectivity index is 0.00000160. The van der Waals surface area contributed by atoms with Gasteiger partial charge in [0, 0.05) is 42.8 Å². The number of nitrogens with zero attached hydrogens (tertiary/aromatic N) is 4. The lowest BCUT2D eigenvalue weighted by atomic mass is 9.92. The highest BCUT2D eigenvalue weighted by Crippen LogP contribution is 2.33. The minimum absolute atomic E-state index is 0. The topological polar surface area (TPSA) is 106 Å². The Bertz CT molecular complexity index is 1100. The van der Waals surface area contributed by atoms with Crippen molar-refractivity contribution in [3.05, 3.63) is 41.2 Å². The van der Waals surface area contributed by atoms with Crippen molar-refractivity contribution in [2.24, 2.45) is 5.73 Å². The number of rotatable bonds is 9. The Kier molecular flexibility index (Phi) is 13.0. The summed E-state index contributed by atoms with van der Waals surface area (Å²) < 4.78 is 2.26. The summed E-state index contributed by atoms with van der Waals surface area (Å²) in [7, 11) is 0. The molecule has 0 saturated heterocycles. The number of hydrogen-bond donors (Lipinski definition) is 4. The van der Waals surface area contributed by atoms with Gasteiger partial charge in [-0.15, -0.1) is 37.2 Å². The summed E-state index contributed by atoms with van der Waals surface area (Å²) in [6.45, 7) is 2.31. The van der Waals surface area contributed by atoms with E-state index in [0.29, 0.717) is 24.1 Å². The van der Waals surface area contributed by atoms with Crippen LogP contribution in [0.2, 0.25) is 5.02 Å². The van der Waals surface area contributed by atoms with Gasteiger partial charge in [0.25, 0.3) is 0 Å². The SMILES string of the molecule is Cl.Cl.Cl.N[C@H]1CC[C@H](Nc2nc(NCCNCc3cccc(Cl)c3)c3ncn(C4CCCC4)c3n2)CC1. The van der Waals surface area contributed by atoms with Crippen LogP contribution in [0, 0.1) is 0 Å². The second kappa shape index (κ2) is 15.1. The zero-order valence-corrected chi connectivity index (χ0v) is 24.1. The summed E-state index contributed by atoms with van der Waals surface area (Å²) in [6.07, 6.45) is 11.1. The first-order chi connectivity index (χ1) is 16.7. The Morgan fingerprint density at radius 1 is 0.973 bits per heavy atom. The van der Waals surface area contributed by atoms with E-state index in [4.69, 9.17) is 32.3 Å². The lowest BCUT2D eigenvalue weighted by molar-refractivity contribution is 0.410. The van der Waals surface area contributed by atoms with Gasteiger partial charge in [-0.25, -0.2) is 4.98 Å². The average Bonchev–Trinajstić information content (AvgIpc) is 3.50. The van der Waals surface area contributed by atoms with Crippen LogP contribution < -0.4 is 21.7 Å². The molecule has 0 atom stereocenters. The van der Waals surface area contributed by atoms with E-state index in [1.807, 2.05) is 24.5 Å². The lowest BCUT2D eigenvalue weighted by Crippen LogP contribution is -2.33. The van der Waals surface area contributed by atoms with Gasteiger partial charge >= 0.3 is 0 Å². The van der Waals surface area contributed by atoms with Crippen LogP contribution in [0.15, 0.2) is 30.6 Å². The third-order valence-corrected chi connectivity index (χ3v) is 7.29. The maximum Gasteiger partial charge on any atom is 0.227 e. The van der Waals surface area contributed by atoms with Crippen LogP contribution in [-0.4, -0.2) is 44.7 Å². The summed E-state index contributed by atoms with van der Waals surface area (Å²) in [5.74, 6) is 1.48. The van der Waals surface area contributed by atoms with Gasteiger partial charge in [0.2, 0.25) is 5.95 Å². The third kappa shape index (κ3) is 8.22. The van der Waals surface area contributed by atoms with Crippen molar-refractivity contribution in [3.8, 4) is 0 Å². The molecule has 2 fully saturated rings. The van der Waals surface area contributed by atoms with E-state index >= 15 is 0 Å². The molecule has 0 unspecified atom stereocenters. The van der Waals surface area contributed by atoms with Crippen molar-refractivity contribution in [2.75, 3.05) is 23.7 Å². The fraction of sp³-hybridized carbons (Fsp3) is 0.560. The summed E-state index contributed by atoms with van der Waals surface area (Å²) in [6, 6.07) is 9.10. The van der Waals surface area contributed by atoms with Crippen molar-refractivity contribution in [2.45, 2.75) is 76.0 Å². The molecule has 2 saturated carbocycles. The first kappa shape index (κ1) is 31.7. The zero-order chi connectivity index (χ0) is 23.3. The smallest absolute Gasteiger partial charge is 0.227 e. The summed E-state index contributed by atoms with van der Waals surface area (Å²) in [5, 5.41) is 11.3. The predicted molar refractivity (Wildman–Crippen MR) is 160 cm³/mol. The maximum absolute atomic E-state index is 6.10. The minimum Gasteiger partial charge on any atom is -0.367 e. The molecule has 0 bridgehead atoms. The van der Waals surface area contributed by atoms with Gasteiger partial charge in [-0.2, -0.15) is 9.97 Å². The number of nitrogens with one attached hydrogen (secondary N) is 3. The van der Waals surface area contributed by atoms with Crippen LogP contribution in [0.25, 0.3) is 11.2 Å². The van der Waals surface area contributed by atoms with E-state index in [1.165, 1.54) is 31.2 Å². The van der Waals surface area contributed by atoms with Gasteiger partial charge in [-0.1, -0.05) is 36.6 Å². The van der Waals surface area contributed by atoms with Gasteiger partial charge in [0.15, 0.2) is 17.0 Å². The molecule has 37 heavy (non-hydrogen) atoms. The van der Waals surface area contributed by atoms with Crippen LogP contribution in [0.3, 0.4) is 0 Å². The summed E-state index contributed by atoms with van der Waals surface area (Å²) >= 11 is 6.09. The molecule has 3 aromatic rings. The van der Waals surface area contributed by atoms with Gasteiger partial charge in [0.05, 0.1) is 6.33 Å². The minimum atomic E-state index is 0. The van der Waals surface area contributed by atoms with Gasteiger partial charge < -0.3 is 26.3 Å². The van der Waals surface area contributed by atoms with Gasteiger partial charge in [-0.05, 0) is 56.2 Å². The van der Waals surface area contributed by atoms with Crippen LogP contribution in [0.1, 0.15) is 63.0 Å². The molecule has 8 nitrogen and oxygen atoms in total. The van der Waals surface area contributed by atoms with Crippen molar-refractivity contribution in [3.63, 3.8) is 0 Å². The van der Waals surface area contributed by atoms with Crippen molar-refractivity contribution in [1.82, 2.24) is 24.8 Å². The highest BCUT2D eigenvalue weighted by atomic mass is 35.5. The van der Waals surface area contributed by atoms with Crippen LogP contribution in [0.4, 0.5) is 11.8 Å². The molecule has 0 radical (unpaired) electrons. The number of fused-ring (bicyclic) bond motifs is 1. The fourth-order valence-corrected chi connectivity index (χ4v) is 5.36. The van der Waals surface area contributed by atoms with Crippen LogP contribution >= 0.6 is 48.8 Å². The molecule has 0 aliphatic heterocycles. The quantitative estimate of drug-likeness (QED) is 0.235. The molecule has 12 heteroatoms. The predicted octanol–water partition coefficient (Wildman–Crippen LogP) is 5.74. The molecule has 0 amide bonds. The van der Waals surface area contributed by atoms with Crippen molar-refractivity contribution >= 4 is 71.8 Å². The normalized spacial score (nSPS) is 19.5. The number of halogens is 4. The Labute approximate surface area is 242 Å². The Morgan fingerprint density at radius 3 is 2.46 bits per heavy atom. The van der Waals surface area contributed by atoms with Gasteiger partial charge in [0.1, 0.15) is 0 Å². The lowest BCUT2D eigenvalue weighted by Gasteiger charge is -2.27. The number of benzene rings is 1. The second-order valence-corrected chi connectivity index (χ2v) is 10.1. The second-order valence-electron chi connectivity index (χ2n) is 9.65. The molecule has 2 aromatic heterocycles. The van der Waals surface area contributed by atoms with E-state index in [0.717, 1.165) is 67.3 Å². The molecular weight excluding hydrogens is 554 g/mol. The van der Waals surface area contributed by atoms with E-state index in [9.17, 15) is 0 Å². The highest BCUT2D eigenvalue weighted by Gasteiger charge is 2.23.